The van der Waals surface area contributed by atoms with Crippen molar-refractivity contribution in [3.05, 3.63) is 0 Å². The van der Waals surface area contributed by atoms with Gasteiger partial charge in [0.25, 0.3) is 0 Å². The van der Waals surface area contributed by atoms with Crippen molar-refractivity contribution in [3.8, 4) is 0 Å². The lowest BCUT2D eigenvalue weighted by molar-refractivity contribution is -0.127. The van der Waals surface area contributed by atoms with Crippen LogP contribution in [0.15, 0.2) is 0 Å². The summed E-state index contributed by atoms with van der Waals surface area (Å²) in [7, 11) is 5.48. The maximum atomic E-state index is 11.8. The first kappa shape index (κ1) is 16.9. The first-order valence-corrected chi connectivity index (χ1v) is 7.13. The van der Waals surface area contributed by atoms with Crippen LogP contribution in [0.2, 0.25) is 0 Å². The molecule has 0 aliphatic carbocycles. The van der Waals surface area contributed by atoms with Crippen LogP contribution in [0, 0.1) is 0 Å². The van der Waals surface area contributed by atoms with Gasteiger partial charge in [0.2, 0.25) is 23.8 Å². The number of nitrogens with zero attached hydrogens (tertiary/aromatic N) is 5. The summed E-state index contributed by atoms with van der Waals surface area (Å²) in [6.45, 7) is 5.61. The Morgan fingerprint density at radius 1 is 1.05 bits per heavy atom. The van der Waals surface area contributed by atoms with Crippen LogP contribution in [-0.4, -0.2) is 66.5 Å². The summed E-state index contributed by atoms with van der Waals surface area (Å²) < 4.78 is 0. The quantitative estimate of drug-likeness (QED) is 0.728. The van der Waals surface area contributed by atoms with E-state index in [1.165, 1.54) is 0 Å². The van der Waals surface area contributed by atoms with Gasteiger partial charge >= 0.3 is 0 Å². The van der Waals surface area contributed by atoms with Crippen LogP contribution >= 0.6 is 0 Å². The molecule has 0 saturated carbocycles. The van der Waals surface area contributed by atoms with Gasteiger partial charge < -0.3 is 20.4 Å². The fraction of sp³-hybridized carbons (Fsp3) is 0.692. The molecule has 2 N–H and O–H groups in total. The number of hydrogen-bond donors (Lipinski definition) is 2. The Bertz CT molecular complexity index is 464. The molecule has 0 unspecified atom stereocenters. The number of anilines is 3. The molecule has 1 heterocycles. The van der Waals surface area contributed by atoms with Gasteiger partial charge in [0.15, 0.2) is 0 Å². The molecule has 0 radical (unpaired) electrons. The zero-order valence-electron chi connectivity index (χ0n) is 13.5. The van der Waals surface area contributed by atoms with E-state index < -0.39 is 0 Å². The minimum atomic E-state index is -0.00705. The highest BCUT2D eigenvalue weighted by atomic mass is 16.2. The summed E-state index contributed by atoms with van der Waals surface area (Å²) in [5.74, 6) is 1.44. The normalized spacial score (nSPS) is 10.1. The third kappa shape index (κ3) is 5.41. The summed E-state index contributed by atoms with van der Waals surface area (Å²) in [5.41, 5.74) is 0. The van der Waals surface area contributed by atoms with Crippen LogP contribution in [0.1, 0.15) is 20.3 Å². The highest BCUT2D eigenvalue weighted by Crippen LogP contribution is 2.11. The van der Waals surface area contributed by atoms with Gasteiger partial charge in [-0.05, 0) is 13.3 Å². The molecule has 0 bridgehead atoms. The summed E-state index contributed by atoms with van der Waals surface area (Å²) in [6, 6.07) is 0. The Morgan fingerprint density at radius 3 is 2.19 bits per heavy atom. The van der Waals surface area contributed by atoms with Gasteiger partial charge in [-0.15, -0.1) is 0 Å². The summed E-state index contributed by atoms with van der Waals surface area (Å²) in [5, 5.41) is 6.08. The van der Waals surface area contributed by atoms with E-state index in [0.717, 1.165) is 13.0 Å². The SMILES string of the molecule is CCCNc1nc(NCC(=O)N(C)CC)nc(N(C)C)n1. The monoisotopic (exact) mass is 295 g/mol. The number of likely N-dealkylation sites (N-methyl/N-ethyl adjacent to an activating group) is 1. The number of aromatic nitrogens is 3. The smallest absolute Gasteiger partial charge is 0.241 e. The van der Waals surface area contributed by atoms with Crippen LogP contribution in [0.3, 0.4) is 0 Å². The second-order valence-electron chi connectivity index (χ2n) is 4.87. The van der Waals surface area contributed by atoms with E-state index >= 15 is 0 Å². The largest absolute Gasteiger partial charge is 0.354 e. The molecule has 1 aromatic heterocycles. The highest BCUT2D eigenvalue weighted by molar-refractivity contribution is 5.80. The fourth-order valence-corrected chi connectivity index (χ4v) is 1.43. The predicted molar refractivity (Wildman–Crippen MR) is 84.7 cm³/mol. The first-order chi connectivity index (χ1) is 9.97. The molecule has 1 aromatic rings. The van der Waals surface area contributed by atoms with Gasteiger partial charge in [0.1, 0.15) is 0 Å². The molecule has 0 aromatic carbocycles. The van der Waals surface area contributed by atoms with E-state index in [2.05, 4.69) is 32.5 Å². The zero-order valence-corrected chi connectivity index (χ0v) is 13.5. The van der Waals surface area contributed by atoms with Gasteiger partial charge in [0.05, 0.1) is 6.54 Å². The molecule has 0 spiro atoms. The molecular weight excluding hydrogens is 270 g/mol. The van der Waals surface area contributed by atoms with Crippen molar-refractivity contribution >= 4 is 23.8 Å². The average Bonchev–Trinajstić information content (AvgIpc) is 2.49. The Hall–Kier alpha value is -2.12. The molecule has 8 heteroatoms. The van der Waals surface area contributed by atoms with Gasteiger partial charge in [-0.1, -0.05) is 6.92 Å². The average molecular weight is 295 g/mol. The molecule has 0 atom stereocenters. The van der Waals surface area contributed by atoms with Crippen molar-refractivity contribution < 1.29 is 4.79 Å². The molecule has 0 fully saturated rings. The summed E-state index contributed by atoms with van der Waals surface area (Å²) >= 11 is 0. The second kappa shape index (κ2) is 8.23. The lowest BCUT2D eigenvalue weighted by atomic mass is 10.5. The van der Waals surface area contributed by atoms with Crippen LogP contribution in [-0.2, 0) is 4.79 Å². The van der Waals surface area contributed by atoms with Gasteiger partial charge in [-0.3, -0.25) is 4.79 Å². The predicted octanol–water partition coefficient (Wildman–Crippen LogP) is 0.650. The number of hydrogen-bond acceptors (Lipinski definition) is 7. The molecular formula is C13H25N7O. The highest BCUT2D eigenvalue weighted by Gasteiger charge is 2.10. The number of nitrogens with one attached hydrogen (secondary N) is 2. The Kier molecular flexibility index (Phi) is 6.64. The van der Waals surface area contributed by atoms with E-state index in [0.29, 0.717) is 24.4 Å². The van der Waals surface area contributed by atoms with Crippen LogP contribution in [0.4, 0.5) is 17.8 Å². The Morgan fingerprint density at radius 2 is 1.67 bits per heavy atom. The van der Waals surface area contributed by atoms with Crippen LogP contribution in [0.25, 0.3) is 0 Å². The molecule has 1 rings (SSSR count). The number of amides is 1. The van der Waals surface area contributed by atoms with Gasteiger partial charge in [-0.2, -0.15) is 15.0 Å². The minimum Gasteiger partial charge on any atom is -0.354 e. The maximum Gasteiger partial charge on any atom is 0.241 e. The van der Waals surface area contributed by atoms with E-state index in [1.54, 1.807) is 16.8 Å². The van der Waals surface area contributed by atoms with Gasteiger partial charge in [0, 0.05) is 34.2 Å². The summed E-state index contributed by atoms with van der Waals surface area (Å²) in [6.07, 6.45) is 0.978. The lowest BCUT2D eigenvalue weighted by Crippen LogP contribution is -2.32. The van der Waals surface area contributed by atoms with E-state index in [4.69, 9.17) is 0 Å². The lowest BCUT2D eigenvalue weighted by Gasteiger charge is -2.16. The molecule has 21 heavy (non-hydrogen) atoms. The second-order valence-corrected chi connectivity index (χ2v) is 4.87. The minimum absolute atomic E-state index is 0.00705. The van der Waals surface area contributed by atoms with Crippen molar-refractivity contribution in [2.45, 2.75) is 20.3 Å². The van der Waals surface area contributed by atoms with E-state index in [-0.39, 0.29) is 12.5 Å². The fourth-order valence-electron chi connectivity index (χ4n) is 1.43. The standard InChI is InChI=1S/C13H25N7O/c1-6-8-14-11-16-12(18-13(17-11)19(3)4)15-9-10(21)20(5)7-2/h6-9H2,1-5H3,(H2,14,15,16,17,18). The van der Waals surface area contributed by atoms with Crippen LogP contribution < -0.4 is 15.5 Å². The maximum absolute atomic E-state index is 11.8. The molecule has 118 valence electrons. The third-order valence-electron chi connectivity index (χ3n) is 2.85. The van der Waals surface area contributed by atoms with Crippen LogP contribution in [0.5, 0.6) is 0 Å². The van der Waals surface area contributed by atoms with Gasteiger partial charge in [-0.25, -0.2) is 0 Å². The number of carbonyl (C=O) groups is 1. The zero-order chi connectivity index (χ0) is 15.8. The van der Waals surface area contributed by atoms with Crippen molar-refractivity contribution in [1.82, 2.24) is 19.9 Å². The van der Waals surface area contributed by atoms with E-state index in [1.807, 2.05) is 21.0 Å². The third-order valence-corrected chi connectivity index (χ3v) is 2.85. The van der Waals surface area contributed by atoms with Crippen molar-refractivity contribution in [2.24, 2.45) is 0 Å². The molecule has 0 saturated heterocycles. The first-order valence-electron chi connectivity index (χ1n) is 7.13. The number of carbonyl (C=O) groups excluding carboxylic acids is 1. The number of rotatable bonds is 8. The molecule has 0 aliphatic heterocycles. The Balaban J connectivity index is 2.80. The van der Waals surface area contributed by atoms with Crippen molar-refractivity contribution in [1.29, 1.82) is 0 Å². The van der Waals surface area contributed by atoms with Crippen molar-refractivity contribution in [2.75, 3.05) is 56.3 Å². The Labute approximate surface area is 126 Å². The molecule has 0 aliphatic rings. The molecule has 1 amide bonds. The summed E-state index contributed by atoms with van der Waals surface area (Å²) in [4.78, 5) is 28.1. The van der Waals surface area contributed by atoms with E-state index in [9.17, 15) is 4.79 Å². The topological polar surface area (TPSA) is 86.3 Å². The molecule has 8 nitrogen and oxygen atoms in total. The van der Waals surface area contributed by atoms with Crippen molar-refractivity contribution in [3.63, 3.8) is 0 Å².